The van der Waals surface area contributed by atoms with Gasteiger partial charge in [0.05, 0.1) is 18.9 Å². The molecule has 7 heteroatoms. The Labute approximate surface area is 232 Å². The van der Waals surface area contributed by atoms with Gasteiger partial charge in [0, 0.05) is 47.0 Å². The predicted octanol–water partition coefficient (Wildman–Crippen LogP) is 6.54. The summed E-state index contributed by atoms with van der Waals surface area (Å²) < 4.78 is 5.48. The number of hydrogen-bond acceptors (Lipinski definition) is 6. The highest BCUT2D eigenvalue weighted by Gasteiger charge is 2.74. The largest absolute Gasteiger partial charge is 0.487 e. The van der Waals surface area contributed by atoms with Crippen LogP contribution < -0.4 is 10.1 Å². The van der Waals surface area contributed by atoms with Gasteiger partial charge in [0.15, 0.2) is 5.06 Å². The number of carbonyl (C=O) groups excluding carboxylic acids is 1. The Bertz CT molecular complexity index is 1150. The van der Waals surface area contributed by atoms with Crippen LogP contribution in [0.3, 0.4) is 0 Å². The lowest BCUT2D eigenvalue weighted by molar-refractivity contribution is -0.126. The van der Waals surface area contributed by atoms with Gasteiger partial charge in [0.2, 0.25) is 5.91 Å². The van der Waals surface area contributed by atoms with Gasteiger partial charge >= 0.3 is 0 Å². The maximum absolute atomic E-state index is 13.2. The van der Waals surface area contributed by atoms with Crippen molar-refractivity contribution in [1.82, 2.24) is 10.2 Å². The van der Waals surface area contributed by atoms with Crippen molar-refractivity contribution < 1.29 is 9.53 Å². The van der Waals surface area contributed by atoms with Crippen molar-refractivity contribution in [1.29, 1.82) is 0 Å². The van der Waals surface area contributed by atoms with Crippen LogP contribution in [-0.2, 0) is 4.79 Å². The number of ether oxygens (including phenoxy) is 1. The standard InChI is InChI=1S/C31H44N4O2S/c1-19(2)25-16-23(20(3)33-34-25)14-21-15-27-31(17-21)18-28(31)35(27)13-12-24(26-10-11-29(37-4)38-26)32-30(36)22-8-6-5-7-9-22/h10-11,14,19,21-22,24,27-28H,5-9,12-13,15-18H2,1-4H3,(H,32,36)/b23-14-/t21?,24-,27?,28?,31?/m0/s1. The zero-order valence-electron chi connectivity index (χ0n) is 23.5. The number of hydrogen-bond donors (Lipinski definition) is 1. The van der Waals surface area contributed by atoms with Gasteiger partial charge in [0.1, 0.15) is 0 Å². The molecule has 3 saturated carbocycles. The third kappa shape index (κ3) is 4.90. The number of nitrogens with one attached hydrogen (secondary N) is 1. The van der Waals surface area contributed by atoms with Gasteiger partial charge in [-0.3, -0.25) is 9.69 Å². The van der Waals surface area contributed by atoms with E-state index in [1.54, 1.807) is 18.4 Å². The maximum Gasteiger partial charge on any atom is 0.223 e. The van der Waals surface area contributed by atoms with E-state index >= 15 is 0 Å². The number of methoxy groups -OCH3 is 1. The highest BCUT2D eigenvalue weighted by Crippen LogP contribution is 2.72. The number of nitrogens with zero attached hydrogens (tertiary/aromatic N) is 3. The Kier molecular flexibility index (Phi) is 7.27. The number of allylic oxidation sites excluding steroid dienone is 2. The molecule has 6 rings (SSSR count). The van der Waals surface area contributed by atoms with Gasteiger partial charge in [-0.1, -0.05) is 39.2 Å². The average Bonchev–Trinajstić information content (AvgIpc) is 3.18. The van der Waals surface area contributed by atoms with Crippen LogP contribution in [0, 0.1) is 23.2 Å². The summed E-state index contributed by atoms with van der Waals surface area (Å²) in [6.07, 6.45) is 14.1. The molecule has 206 valence electrons. The molecule has 0 aromatic carbocycles. The molecule has 1 saturated heterocycles. The summed E-state index contributed by atoms with van der Waals surface area (Å²) in [4.78, 5) is 17.2. The molecule has 3 aliphatic carbocycles. The Morgan fingerprint density at radius 1 is 1.21 bits per heavy atom. The van der Waals surface area contributed by atoms with Crippen molar-refractivity contribution in [3.63, 3.8) is 0 Å². The zero-order valence-corrected chi connectivity index (χ0v) is 24.4. The minimum absolute atomic E-state index is 0.0706. The van der Waals surface area contributed by atoms with E-state index in [4.69, 9.17) is 4.74 Å². The molecule has 6 nitrogen and oxygen atoms in total. The minimum Gasteiger partial charge on any atom is -0.487 e. The molecule has 0 radical (unpaired) electrons. The van der Waals surface area contributed by atoms with E-state index in [-0.39, 0.29) is 17.9 Å². The Hall–Kier alpha value is -1.99. The van der Waals surface area contributed by atoms with E-state index in [2.05, 4.69) is 53.3 Å². The molecule has 2 aliphatic heterocycles. The molecule has 1 aromatic rings. The molecule has 1 amide bonds. The summed E-state index contributed by atoms with van der Waals surface area (Å²) in [5.41, 5.74) is 4.26. The zero-order chi connectivity index (χ0) is 26.4. The van der Waals surface area contributed by atoms with E-state index in [0.29, 0.717) is 23.3 Å². The predicted molar refractivity (Wildman–Crippen MR) is 155 cm³/mol. The van der Waals surface area contributed by atoms with Crippen molar-refractivity contribution >= 4 is 28.7 Å². The van der Waals surface area contributed by atoms with Gasteiger partial charge in [-0.05, 0) is 75.0 Å². The van der Waals surface area contributed by atoms with Crippen LogP contribution in [0.15, 0.2) is 34.0 Å². The van der Waals surface area contributed by atoms with Crippen LogP contribution in [0.2, 0.25) is 0 Å². The van der Waals surface area contributed by atoms with Gasteiger partial charge in [-0.15, -0.1) is 11.3 Å². The van der Waals surface area contributed by atoms with Crippen molar-refractivity contribution in [3.05, 3.63) is 28.7 Å². The lowest BCUT2D eigenvalue weighted by Gasteiger charge is -2.44. The molecule has 1 aromatic heterocycles. The number of thiophene rings is 1. The van der Waals surface area contributed by atoms with Crippen LogP contribution >= 0.6 is 11.3 Å². The third-order valence-electron chi connectivity index (χ3n) is 10.1. The van der Waals surface area contributed by atoms with Crippen LogP contribution in [0.1, 0.15) is 95.9 Å². The lowest BCUT2D eigenvalue weighted by Crippen LogP contribution is -2.53. The smallest absolute Gasteiger partial charge is 0.223 e. The number of amides is 1. The summed E-state index contributed by atoms with van der Waals surface area (Å²) in [5, 5.41) is 13.3. The van der Waals surface area contributed by atoms with E-state index in [1.165, 1.54) is 54.7 Å². The minimum atomic E-state index is 0.0706. The van der Waals surface area contributed by atoms with Gasteiger partial charge < -0.3 is 10.1 Å². The SMILES string of the molecule is COc1ccc([C@H](CCN2C3CC(/C=C4/CC(C(C)C)=NN=C4C)CC34CC24)NC(=O)C2CCCCC2)s1. The molecule has 0 bridgehead atoms. The summed E-state index contributed by atoms with van der Waals surface area (Å²) in [6, 6.07) is 5.70. The van der Waals surface area contributed by atoms with Gasteiger partial charge in [-0.2, -0.15) is 10.2 Å². The van der Waals surface area contributed by atoms with Crippen molar-refractivity contribution in [2.45, 2.75) is 103 Å². The quantitative estimate of drug-likeness (QED) is 0.390. The van der Waals surface area contributed by atoms with Crippen LogP contribution in [0.5, 0.6) is 5.06 Å². The molecule has 1 spiro atoms. The van der Waals surface area contributed by atoms with E-state index < -0.39 is 0 Å². The van der Waals surface area contributed by atoms with Gasteiger partial charge in [-0.25, -0.2) is 0 Å². The third-order valence-corrected chi connectivity index (χ3v) is 11.3. The topological polar surface area (TPSA) is 66.3 Å². The average molecular weight is 537 g/mol. The fourth-order valence-corrected chi connectivity index (χ4v) is 8.70. The van der Waals surface area contributed by atoms with Crippen LogP contribution in [-0.4, -0.2) is 48.0 Å². The first-order valence-electron chi connectivity index (χ1n) is 14.9. The Morgan fingerprint density at radius 2 is 2.03 bits per heavy atom. The van der Waals surface area contributed by atoms with E-state index in [1.807, 2.05) is 6.07 Å². The maximum atomic E-state index is 13.2. The Morgan fingerprint density at radius 3 is 2.76 bits per heavy atom. The second-order valence-electron chi connectivity index (χ2n) is 12.8. The molecular weight excluding hydrogens is 492 g/mol. The number of carbonyl (C=O) groups is 1. The van der Waals surface area contributed by atoms with E-state index in [9.17, 15) is 4.79 Å². The lowest BCUT2D eigenvalue weighted by atomic mass is 9.88. The van der Waals surface area contributed by atoms with Crippen LogP contribution in [0.25, 0.3) is 0 Å². The van der Waals surface area contributed by atoms with E-state index in [0.717, 1.165) is 49.0 Å². The first-order chi connectivity index (χ1) is 18.4. The second-order valence-corrected chi connectivity index (χ2v) is 13.8. The first-order valence-corrected chi connectivity index (χ1v) is 15.7. The fraction of sp³-hybridized carbons (Fsp3) is 0.710. The molecule has 5 atom stereocenters. The van der Waals surface area contributed by atoms with Crippen molar-refractivity contribution in [2.75, 3.05) is 13.7 Å². The molecular formula is C31H44N4O2S. The highest BCUT2D eigenvalue weighted by molar-refractivity contribution is 7.13. The summed E-state index contributed by atoms with van der Waals surface area (Å²) in [7, 11) is 1.72. The second kappa shape index (κ2) is 10.5. The molecule has 5 aliphatic rings. The molecule has 1 N–H and O–H groups in total. The fourth-order valence-electron chi connectivity index (χ4n) is 7.79. The van der Waals surface area contributed by atoms with Crippen molar-refractivity contribution in [2.24, 2.45) is 33.4 Å². The normalized spacial score (nSPS) is 32.8. The molecule has 3 heterocycles. The number of rotatable bonds is 9. The Balaban J connectivity index is 1.09. The summed E-state index contributed by atoms with van der Waals surface area (Å²) in [6.45, 7) is 7.60. The number of likely N-dealkylation sites (tertiary alicyclic amines) is 1. The monoisotopic (exact) mass is 536 g/mol. The highest BCUT2D eigenvalue weighted by atomic mass is 32.1. The van der Waals surface area contributed by atoms with Crippen LogP contribution in [0.4, 0.5) is 0 Å². The molecule has 38 heavy (non-hydrogen) atoms. The first kappa shape index (κ1) is 26.2. The molecule has 4 fully saturated rings. The summed E-state index contributed by atoms with van der Waals surface area (Å²) >= 11 is 1.67. The molecule has 4 unspecified atom stereocenters. The summed E-state index contributed by atoms with van der Waals surface area (Å²) in [5.74, 6) is 1.54. The van der Waals surface area contributed by atoms with Gasteiger partial charge in [0.25, 0.3) is 0 Å². The van der Waals surface area contributed by atoms with Crippen molar-refractivity contribution in [3.8, 4) is 5.06 Å².